The van der Waals surface area contributed by atoms with E-state index in [4.69, 9.17) is 34.8 Å². The van der Waals surface area contributed by atoms with Gasteiger partial charge in [-0.25, -0.2) is 0 Å². The molecule has 1 atom stereocenters. The molecule has 0 saturated heterocycles. The summed E-state index contributed by atoms with van der Waals surface area (Å²) in [6.45, 7) is 6.36. The monoisotopic (exact) mass is 295 g/mol. The summed E-state index contributed by atoms with van der Waals surface area (Å²) in [6, 6.07) is 3.23. The van der Waals surface area contributed by atoms with Gasteiger partial charge in [0.25, 0.3) is 0 Å². The predicted octanol–water partition coefficient (Wildman–Crippen LogP) is 4.02. The molecule has 17 heavy (non-hydrogen) atoms. The van der Waals surface area contributed by atoms with Crippen molar-refractivity contribution in [1.82, 2.24) is 4.90 Å². The molecule has 1 aromatic rings. The summed E-state index contributed by atoms with van der Waals surface area (Å²) in [6.07, 6.45) is -0.682. The van der Waals surface area contributed by atoms with Crippen LogP contribution in [0.15, 0.2) is 12.1 Å². The number of likely N-dealkylation sites (N-methyl/N-ethyl adjacent to an activating group) is 1. The van der Waals surface area contributed by atoms with Crippen LogP contribution in [0.4, 0.5) is 0 Å². The van der Waals surface area contributed by atoms with Gasteiger partial charge >= 0.3 is 0 Å². The minimum absolute atomic E-state index is 0.368. The standard InChI is InChI=1S/C12H16Cl3NO/c1-3-16(4-2)7-11(17)9-5-8(13)6-10(14)12(9)15/h5-6,11,17H,3-4,7H2,1-2H3/t11-/m1/s1. The number of hydrogen-bond acceptors (Lipinski definition) is 2. The van der Waals surface area contributed by atoms with Gasteiger partial charge < -0.3 is 10.0 Å². The van der Waals surface area contributed by atoms with Gasteiger partial charge in [-0.1, -0.05) is 48.7 Å². The van der Waals surface area contributed by atoms with Gasteiger partial charge in [0.1, 0.15) is 0 Å². The molecule has 1 rings (SSSR count). The summed E-state index contributed by atoms with van der Waals surface area (Å²) < 4.78 is 0. The molecule has 0 aliphatic carbocycles. The molecular weight excluding hydrogens is 280 g/mol. The quantitative estimate of drug-likeness (QED) is 0.830. The Labute approximate surface area is 117 Å². The number of benzene rings is 1. The lowest BCUT2D eigenvalue weighted by atomic mass is 10.1. The Morgan fingerprint density at radius 3 is 2.29 bits per heavy atom. The zero-order valence-corrected chi connectivity index (χ0v) is 12.1. The first-order valence-electron chi connectivity index (χ1n) is 5.54. The molecule has 0 aliphatic rings. The Morgan fingerprint density at radius 2 is 1.76 bits per heavy atom. The average Bonchev–Trinajstić information content (AvgIpc) is 2.30. The van der Waals surface area contributed by atoms with Crippen molar-refractivity contribution in [3.8, 4) is 0 Å². The van der Waals surface area contributed by atoms with Crippen LogP contribution >= 0.6 is 34.8 Å². The highest BCUT2D eigenvalue weighted by Gasteiger charge is 2.17. The molecule has 0 radical (unpaired) electrons. The molecule has 2 nitrogen and oxygen atoms in total. The summed E-state index contributed by atoms with van der Waals surface area (Å²) in [5.74, 6) is 0. The molecular formula is C12H16Cl3NO. The van der Waals surface area contributed by atoms with Gasteiger partial charge in [0.15, 0.2) is 0 Å². The Morgan fingerprint density at radius 1 is 1.18 bits per heavy atom. The van der Waals surface area contributed by atoms with Gasteiger partial charge in [-0.05, 0) is 25.2 Å². The van der Waals surface area contributed by atoms with Crippen molar-refractivity contribution >= 4 is 34.8 Å². The summed E-state index contributed by atoms with van der Waals surface area (Å²) in [5.41, 5.74) is 0.580. The van der Waals surface area contributed by atoms with E-state index < -0.39 is 6.10 Å². The Hall–Kier alpha value is 0.01000. The van der Waals surface area contributed by atoms with Gasteiger partial charge in [-0.2, -0.15) is 0 Å². The molecule has 0 spiro atoms. The highest BCUT2D eigenvalue weighted by molar-refractivity contribution is 6.43. The van der Waals surface area contributed by atoms with Crippen molar-refractivity contribution in [3.05, 3.63) is 32.8 Å². The van der Waals surface area contributed by atoms with Crippen LogP contribution in [-0.2, 0) is 0 Å². The number of hydrogen-bond donors (Lipinski definition) is 1. The van der Waals surface area contributed by atoms with Gasteiger partial charge in [-0.15, -0.1) is 0 Å². The van der Waals surface area contributed by atoms with Crippen LogP contribution in [0.5, 0.6) is 0 Å². The molecule has 96 valence electrons. The molecule has 0 bridgehead atoms. The fourth-order valence-electron chi connectivity index (χ4n) is 1.64. The molecule has 0 heterocycles. The van der Waals surface area contributed by atoms with Gasteiger partial charge in [0, 0.05) is 17.1 Å². The summed E-state index contributed by atoms with van der Waals surface area (Å²) in [4.78, 5) is 2.11. The average molecular weight is 297 g/mol. The second-order valence-electron chi connectivity index (χ2n) is 3.79. The van der Waals surface area contributed by atoms with Crippen LogP contribution in [0.1, 0.15) is 25.5 Å². The third kappa shape index (κ3) is 4.01. The van der Waals surface area contributed by atoms with Gasteiger partial charge in [-0.3, -0.25) is 0 Å². The number of aliphatic hydroxyl groups excluding tert-OH is 1. The first-order chi connectivity index (χ1) is 7.99. The van der Waals surface area contributed by atoms with E-state index in [2.05, 4.69) is 4.90 Å². The molecule has 0 aromatic heterocycles. The third-order valence-corrected chi connectivity index (χ3v) is 3.74. The zero-order valence-electron chi connectivity index (χ0n) is 9.88. The Bertz CT molecular complexity index is 380. The van der Waals surface area contributed by atoms with E-state index in [0.717, 1.165) is 13.1 Å². The minimum atomic E-state index is -0.682. The van der Waals surface area contributed by atoms with E-state index in [-0.39, 0.29) is 0 Å². The third-order valence-electron chi connectivity index (χ3n) is 2.71. The van der Waals surface area contributed by atoms with E-state index in [9.17, 15) is 5.11 Å². The lowest BCUT2D eigenvalue weighted by molar-refractivity contribution is 0.119. The predicted molar refractivity (Wildman–Crippen MR) is 74.2 cm³/mol. The lowest BCUT2D eigenvalue weighted by Crippen LogP contribution is -2.28. The molecule has 0 aliphatic heterocycles. The topological polar surface area (TPSA) is 23.5 Å². The Balaban J connectivity index is 2.92. The van der Waals surface area contributed by atoms with E-state index >= 15 is 0 Å². The maximum Gasteiger partial charge on any atom is 0.0932 e. The largest absolute Gasteiger partial charge is 0.387 e. The van der Waals surface area contributed by atoms with Crippen molar-refractivity contribution in [2.24, 2.45) is 0 Å². The highest BCUT2D eigenvalue weighted by atomic mass is 35.5. The van der Waals surface area contributed by atoms with E-state index in [1.807, 2.05) is 13.8 Å². The first-order valence-corrected chi connectivity index (χ1v) is 6.67. The lowest BCUT2D eigenvalue weighted by Gasteiger charge is -2.23. The van der Waals surface area contributed by atoms with Crippen molar-refractivity contribution in [1.29, 1.82) is 0 Å². The maximum absolute atomic E-state index is 10.1. The van der Waals surface area contributed by atoms with Crippen LogP contribution in [0.25, 0.3) is 0 Å². The fraction of sp³-hybridized carbons (Fsp3) is 0.500. The van der Waals surface area contributed by atoms with Crippen LogP contribution in [-0.4, -0.2) is 29.6 Å². The molecule has 0 saturated carbocycles. The van der Waals surface area contributed by atoms with Crippen molar-refractivity contribution in [3.63, 3.8) is 0 Å². The molecule has 0 unspecified atom stereocenters. The number of rotatable bonds is 5. The smallest absolute Gasteiger partial charge is 0.0932 e. The fourth-order valence-corrected chi connectivity index (χ4v) is 2.39. The van der Waals surface area contributed by atoms with Crippen molar-refractivity contribution in [2.75, 3.05) is 19.6 Å². The molecule has 0 fully saturated rings. The van der Waals surface area contributed by atoms with Gasteiger partial charge in [0.2, 0.25) is 0 Å². The summed E-state index contributed by atoms with van der Waals surface area (Å²) >= 11 is 17.9. The van der Waals surface area contributed by atoms with E-state index in [1.54, 1.807) is 12.1 Å². The van der Waals surface area contributed by atoms with Gasteiger partial charge in [0.05, 0.1) is 16.1 Å². The first kappa shape index (κ1) is 15.1. The minimum Gasteiger partial charge on any atom is -0.387 e. The summed E-state index contributed by atoms with van der Waals surface area (Å²) in [5, 5.41) is 11.4. The molecule has 1 N–H and O–H groups in total. The second-order valence-corrected chi connectivity index (χ2v) is 5.01. The zero-order chi connectivity index (χ0) is 13.0. The maximum atomic E-state index is 10.1. The van der Waals surface area contributed by atoms with Crippen LogP contribution in [0.2, 0.25) is 15.1 Å². The molecule has 1 aromatic carbocycles. The molecule has 5 heteroatoms. The SMILES string of the molecule is CCN(CC)C[C@@H](O)c1cc(Cl)cc(Cl)c1Cl. The highest BCUT2D eigenvalue weighted by Crippen LogP contribution is 2.33. The second kappa shape index (κ2) is 6.81. The van der Waals surface area contributed by atoms with E-state index in [0.29, 0.717) is 27.2 Å². The number of aliphatic hydroxyl groups is 1. The van der Waals surface area contributed by atoms with Crippen LogP contribution < -0.4 is 0 Å². The van der Waals surface area contributed by atoms with E-state index in [1.165, 1.54) is 0 Å². The van der Waals surface area contributed by atoms with Crippen LogP contribution in [0, 0.1) is 0 Å². The Kier molecular flexibility index (Phi) is 6.04. The van der Waals surface area contributed by atoms with Crippen molar-refractivity contribution in [2.45, 2.75) is 20.0 Å². The van der Waals surface area contributed by atoms with Crippen LogP contribution in [0.3, 0.4) is 0 Å². The number of halogens is 3. The molecule has 0 amide bonds. The summed E-state index contributed by atoms with van der Waals surface area (Å²) in [7, 11) is 0. The van der Waals surface area contributed by atoms with Crippen molar-refractivity contribution < 1.29 is 5.11 Å². The normalized spacial score (nSPS) is 13.1. The number of nitrogens with zero attached hydrogens (tertiary/aromatic N) is 1.